The SMILES string of the molecule is CCC(C(=O)Nc1ccc(-c2cncc(OC(C)C)n2)cc1F)c1ccnc(NCCC2CC2)n1. The number of anilines is 2. The minimum atomic E-state index is -0.562. The molecule has 9 heteroatoms. The molecule has 1 fully saturated rings. The van der Waals surface area contributed by atoms with E-state index in [2.05, 4.69) is 30.6 Å². The van der Waals surface area contributed by atoms with E-state index in [9.17, 15) is 9.18 Å². The number of carbonyl (C=O) groups excluding carboxylic acids is 1. The molecule has 0 spiro atoms. The zero-order valence-electron chi connectivity index (χ0n) is 20.3. The van der Waals surface area contributed by atoms with Crippen molar-refractivity contribution in [3.63, 3.8) is 0 Å². The Balaban J connectivity index is 1.44. The van der Waals surface area contributed by atoms with Crippen molar-refractivity contribution >= 4 is 17.5 Å². The van der Waals surface area contributed by atoms with Crippen LogP contribution in [0, 0.1) is 11.7 Å². The first-order chi connectivity index (χ1) is 16.9. The monoisotopic (exact) mass is 478 g/mol. The van der Waals surface area contributed by atoms with Gasteiger partial charge in [-0.3, -0.25) is 9.78 Å². The van der Waals surface area contributed by atoms with E-state index in [1.165, 1.54) is 31.2 Å². The Morgan fingerprint density at radius 1 is 1.20 bits per heavy atom. The zero-order valence-corrected chi connectivity index (χ0v) is 20.3. The number of carbonyl (C=O) groups is 1. The Labute approximate surface area is 204 Å². The highest BCUT2D eigenvalue weighted by molar-refractivity contribution is 5.95. The Morgan fingerprint density at radius 2 is 2.03 bits per heavy atom. The maximum atomic E-state index is 14.9. The Kier molecular flexibility index (Phi) is 7.84. The molecule has 1 unspecified atom stereocenters. The number of aromatic nitrogens is 4. The van der Waals surface area contributed by atoms with E-state index in [0.717, 1.165) is 18.9 Å². The lowest BCUT2D eigenvalue weighted by molar-refractivity contribution is -0.117. The Bertz CT molecular complexity index is 1170. The second-order valence-electron chi connectivity index (χ2n) is 9.02. The van der Waals surface area contributed by atoms with Crippen molar-refractivity contribution in [2.45, 2.75) is 58.5 Å². The molecule has 0 aliphatic heterocycles. The summed E-state index contributed by atoms with van der Waals surface area (Å²) in [6, 6.07) is 6.27. The summed E-state index contributed by atoms with van der Waals surface area (Å²) in [6.07, 6.45) is 8.85. The highest BCUT2D eigenvalue weighted by atomic mass is 19.1. The lowest BCUT2D eigenvalue weighted by Crippen LogP contribution is -2.22. The van der Waals surface area contributed by atoms with Crippen LogP contribution in [0.1, 0.15) is 58.1 Å². The van der Waals surface area contributed by atoms with Crippen LogP contribution in [-0.2, 0) is 4.79 Å². The standard InChI is InChI=1S/C26H31FN6O2/c1-4-19(21-10-12-30-26(33-21)29-11-9-17-5-6-17)25(34)32-22-8-7-18(13-20(22)27)23-14-28-15-24(31-23)35-16(2)3/h7-8,10,12-17,19H,4-6,9,11H2,1-3H3,(H,32,34)(H,29,30,33). The summed E-state index contributed by atoms with van der Waals surface area (Å²) in [5, 5.41) is 5.94. The number of halogens is 1. The number of rotatable bonds is 11. The first kappa shape index (κ1) is 24.5. The molecule has 8 nitrogen and oxygen atoms in total. The highest BCUT2D eigenvalue weighted by Gasteiger charge is 2.23. The third-order valence-corrected chi connectivity index (χ3v) is 5.78. The fourth-order valence-electron chi connectivity index (χ4n) is 3.76. The predicted molar refractivity (Wildman–Crippen MR) is 133 cm³/mol. The third kappa shape index (κ3) is 6.71. The molecule has 0 saturated heterocycles. The highest BCUT2D eigenvalue weighted by Crippen LogP contribution is 2.32. The van der Waals surface area contributed by atoms with Crippen LogP contribution >= 0.6 is 0 Å². The Hall–Kier alpha value is -3.62. The van der Waals surface area contributed by atoms with Gasteiger partial charge in [-0.05, 0) is 50.8 Å². The lowest BCUT2D eigenvalue weighted by atomic mass is 10.0. The summed E-state index contributed by atoms with van der Waals surface area (Å²) in [4.78, 5) is 30.3. The lowest BCUT2D eigenvalue weighted by Gasteiger charge is -2.16. The van der Waals surface area contributed by atoms with Gasteiger partial charge in [-0.2, -0.15) is 0 Å². The average molecular weight is 479 g/mol. The average Bonchev–Trinajstić information content (AvgIpc) is 3.65. The van der Waals surface area contributed by atoms with E-state index >= 15 is 0 Å². The van der Waals surface area contributed by atoms with E-state index in [4.69, 9.17) is 4.74 Å². The number of amides is 1. The van der Waals surface area contributed by atoms with Gasteiger partial charge in [-0.25, -0.2) is 19.3 Å². The van der Waals surface area contributed by atoms with Gasteiger partial charge in [-0.1, -0.05) is 25.8 Å². The zero-order chi connectivity index (χ0) is 24.8. The number of hydrogen-bond donors (Lipinski definition) is 2. The van der Waals surface area contributed by atoms with Crippen LogP contribution in [0.3, 0.4) is 0 Å². The fraction of sp³-hybridized carbons (Fsp3) is 0.423. The van der Waals surface area contributed by atoms with Crippen LogP contribution in [0.15, 0.2) is 42.9 Å². The Morgan fingerprint density at radius 3 is 2.74 bits per heavy atom. The van der Waals surface area contributed by atoms with Gasteiger partial charge < -0.3 is 15.4 Å². The predicted octanol–water partition coefficient (Wildman–Crippen LogP) is 5.20. The second-order valence-corrected chi connectivity index (χ2v) is 9.02. The maximum absolute atomic E-state index is 14.9. The summed E-state index contributed by atoms with van der Waals surface area (Å²) in [6.45, 7) is 6.49. The molecule has 1 aromatic carbocycles. The van der Waals surface area contributed by atoms with Crippen molar-refractivity contribution in [3.8, 4) is 17.1 Å². The molecule has 1 saturated carbocycles. The van der Waals surface area contributed by atoms with E-state index < -0.39 is 11.7 Å². The van der Waals surface area contributed by atoms with Gasteiger partial charge in [-0.15, -0.1) is 0 Å². The molecular formula is C26H31FN6O2. The molecule has 2 heterocycles. The molecule has 0 radical (unpaired) electrons. The molecule has 1 aliphatic carbocycles. The van der Waals surface area contributed by atoms with Crippen LogP contribution in [0.5, 0.6) is 5.88 Å². The van der Waals surface area contributed by atoms with Crippen LogP contribution in [0.25, 0.3) is 11.3 Å². The van der Waals surface area contributed by atoms with Gasteiger partial charge in [0.1, 0.15) is 5.82 Å². The molecule has 2 N–H and O–H groups in total. The summed E-state index contributed by atoms with van der Waals surface area (Å²) in [7, 11) is 0. The molecule has 2 aromatic heterocycles. The molecular weight excluding hydrogens is 447 g/mol. The first-order valence-electron chi connectivity index (χ1n) is 12.1. The van der Waals surface area contributed by atoms with Crippen molar-refractivity contribution in [1.29, 1.82) is 0 Å². The van der Waals surface area contributed by atoms with Crippen LogP contribution in [0.4, 0.5) is 16.0 Å². The van der Waals surface area contributed by atoms with Gasteiger partial charge >= 0.3 is 0 Å². The second kappa shape index (κ2) is 11.2. The van der Waals surface area contributed by atoms with Gasteiger partial charge in [0.25, 0.3) is 0 Å². The van der Waals surface area contributed by atoms with Crippen molar-refractivity contribution in [2.24, 2.45) is 5.92 Å². The smallest absolute Gasteiger partial charge is 0.233 e. The van der Waals surface area contributed by atoms with Crippen molar-refractivity contribution in [1.82, 2.24) is 19.9 Å². The molecule has 4 rings (SSSR count). The van der Waals surface area contributed by atoms with Crippen LogP contribution < -0.4 is 15.4 Å². The van der Waals surface area contributed by atoms with Gasteiger partial charge in [0.05, 0.1) is 41.5 Å². The van der Waals surface area contributed by atoms with Crippen LogP contribution in [0.2, 0.25) is 0 Å². The number of hydrogen-bond acceptors (Lipinski definition) is 7. The summed E-state index contributed by atoms with van der Waals surface area (Å²) >= 11 is 0. The van der Waals surface area contributed by atoms with E-state index in [-0.39, 0.29) is 17.7 Å². The van der Waals surface area contributed by atoms with E-state index in [0.29, 0.717) is 35.2 Å². The molecule has 0 bridgehead atoms. The maximum Gasteiger partial charge on any atom is 0.233 e. The topological polar surface area (TPSA) is 102 Å². The summed E-state index contributed by atoms with van der Waals surface area (Å²) < 4.78 is 20.5. The largest absolute Gasteiger partial charge is 0.474 e. The quantitative estimate of drug-likeness (QED) is 0.390. The van der Waals surface area contributed by atoms with Crippen molar-refractivity contribution < 1.29 is 13.9 Å². The molecule has 35 heavy (non-hydrogen) atoms. The third-order valence-electron chi connectivity index (χ3n) is 5.78. The molecule has 1 amide bonds. The van der Waals surface area contributed by atoms with Gasteiger partial charge in [0, 0.05) is 18.3 Å². The normalized spacial score (nSPS) is 14.0. The first-order valence-corrected chi connectivity index (χ1v) is 12.1. The van der Waals surface area contributed by atoms with Gasteiger partial charge in [0.15, 0.2) is 0 Å². The number of nitrogens with one attached hydrogen (secondary N) is 2. The molecule has 1 atom stereocenters. The van der Waals surface area contributed by atoms with E-state index in [1.807, 2.05) is 20.8 Å². The molecule has 3 aromatic rings. The van der Waals surface area contributed by atoms with Crippen molar-refractivity contribution in [2.75, 3.05) is 17.2 Å². The fourth-order valence-corrected chi connectivity index (χ4v) is 3.76. The van der Waals surface area contributed by atoms with Crippen molar-refractivity contribution in [3.05, 3.63) is 54.4 Å². The summed E-state index contributed by atoms with van der Waals surface area (Å²) in [5.41, 5.74) is 1.71. The van der Waals surface area contributed by atoms with E-state index in [1.54, 1.807) is 24.5 Å². The number of benzene rings is 1. The number of nitrogens with zero attached hydrogens (tertiary/aromatic N) is 4. The summed E-state index contributed by atoms with van der Waals surface area (Å²) in [5.74, 6) is 0.269. The molecule has 1 aliphatic rings. The van der Waals surface area contributed by atoms with Gasteiger partial charge in [0.2, 0.25) is 17.7 Å². The minimum Gasteiger partial charge on any atom is -0.474 e. The minimum absolute atomic E-state index is 0.0510. The number of ether oxygens (including phenoxy) is 1. The van der Waals surface area contributed by atoms with Crippen LogP contribution in [-0.4, -0.2) is 38.5 Å². The molecule has 184 valence electrons.